The lowest BCUT2D eigenvalue weighted by Gasteiger charge is -2.25. The average Bonchev–Trinajstić information content (AvgIpc) is 2.98. The van der Waals surface area contributed by atoms with Crippen LogP contribution < -0.4 is 4.90 Å². The van der Waals surface area contributed by atoms with Gasteiger partial charge >= 0.3 is 0 Å². The zero-order chi connectivity index (χ0) is 18.4. The van der Waals surface area contributed by atoms with Crippen molar-refractivity contribution in [3.05, 3.63) is 29.8 Å². The van der Waals surface area contributed by atoms with Crippen LogP contribution in [0, 0.1) is 17.6 Å². The number of nitrogens with zero attached hydrogens (tertiary/aromatic N) is 2. The first kappa shape index (κ1) is 18.3. The fourth-order valence-electron chi connectivity index (χ4n) is 2.90. The zero-order valence-corrected chi connectivity index (χ0v) is 15.4. The summed E-state index contributed by atoms with van der Waals surface area (Å²) in [6, 6.07) is 2.58. The number of thioether (sulfide) groups is 1. The number of halogens is 2. The van der Waals surface area contributed by atoms with Crippen LogP contribution in [0.25, 0.3) is 0 Å². The quantitative estimate of drug-likeness (QED) is 0.796. The standard InChI is InChI=1S/C16H18F2N2O3S2/c1-3-9(2)15(21)19-16-20(12-5-4-10(17)6-11(12)18)13-7-25(22,23)8-14(13)24-16/h4-6,9,13-14H,3,7-8H2,1-2H3/t9-,13-,14+/m0/s1. The Hall–Kier alpha value is -1.48. The van der Waals surface area contributed by atoms with Gasteiger partial charge in [0.25, 0.3) is 5.91 Å². The number of anilines is 1. The van der Waals surface area contributed by atoms with Crippen molar-refractivity contribution in [1.29, 1.82) is 0 Å². The van der Waals surface area contributed by atoms with E-state index in [1.54, 1.807) is 6.92 Å². The number of carbonyl (C=O) groups excluding carboxylic acids is 1. The van der Waals surface area contributed by atoms with Crippen LogP contribution in [-0.4, -0.2) is 42.3 Å². The Labute approximate surface area is 149 Å². The first-order valence-electron chi connectivity index (χ1n) is 7.95. The van der Waals surface area contributed by atoms with Gasteiger partial charge in [-0.2, -0.15) is 4.99 Å². The lowest BCUT2D eigenvalue weighted by Crippen LogP contribution is -2.38. The highest BCUT2D eigenvalue weighted by molar-refractivity contribution is 8.16. The fourth-order valence-corrected chi connectivity index (χ4v) is 6.81. The SMILES string of the molecule is CC[C@H](C)C(=O)N=C1S[C@@H]2CS(=O)(=O)C[C@@H]2N1c1ccc(F)cc1F. The number of carbonyl (C=O) groups is 1. The second-order valence-electron chi connectivity index (χ2n) is 6.31. The number of rotatable bonds is 3. The van der Waals surface area contributed by atoms with Crippen molar-refractivity contribution in [2.45, 2.75) is 31.6 Å². The summed E-state index contributed by atoms with van der Waals surface area (Å²) in [5.41, 5.74) is 0.0363. The number of hydrogen-bond donors (Lipinski definition) is 0. The zero-order valence-electron chi connectivity index (χ0n) is 13.8. The normalized spacial score (nSPS) is 27.5. The van der Waals surface area contributed by atoms with Gasteiger partial charge in [-0.1, -0.05) is 25.6 Å². The van der Waals surface area contributed by atoms with Gasteiger partial charge < -0.3 is 4.90 Å². The number of benzene rings is 1. The maximum Gasteiger partial charge on any atom is 0.250 e. The molecular formula is C16H18F2N2O3S2. The molecule has 0 aromatic heterocycles. The van der Waals surface area contributed by atoms with Crippen LogP contribution in [0.15, 0.2) is 23.2 Å². The second kappa shape index (κ2) is 6.68. The van der Waals surface area contributed by atoms with Gasteiger partial charge in [0.1, 0.15) is 11.6 Å². The van der Waals surface area contributed by atoms with E-state index in [2.05, 4.69) is 4.99 Å². The molecule has 25 heavy (non-hydrogen) atoms. The van der Waals surface area contributed by atoms with Crippen LogP contribution >= 0.6 is 11.8 Å². The minimum atomic E-state index is -3.24. The van der Waals surface area contributed by atoms with Crippen molar-refractivity contribution in [2.75, 3.05) is 16.4 Å². The van der Waals surface area contributed by atoms with E-state index in [0.29, 0.717) is 6.42 Å². The lowest BCUT2D eigenvalue weighted by molar-refractivity contribution is -0.121. The summed E-state index contributed by atoms with van der Waals surface area (Å²) < 4.78 is 51.4. The predicted molar refractivity (Wildman–Crippen MR) is 94.6 cm³/mol. The summed E-state index contributed by atoms with van der Waals surface area (Å²) >= 11 is 1.17. The van der Waals surface area contributed by atoms with Crippen LogP contribution in [0.3, 0.4) is 0 Å². The summed E-state index contributed by atoms with van der Waals surface area (Å²) in [4.78, 5) is 17.7. The smallest absolute Gasteiger partial charge is 0.250 e. The third-order valence-corrected chi connectivity index (χ3v) is 7.69. The molecule has 3 rings (SSSR count). The van der Waals surface area contributed by atoms with Gasteiger partial charge in [0.05, 0.1) is 23.2 Å². The van der Waals surface area contributed by atoms with Crippen LogP contribution in [0.2, 0.25) is 0 Å². The van der Waals surface area contributed by atoms with E-state index >= 15 is 0 Å². The largest absolute Gasteiger partial charge is 0.313 e. The van der Waals surface area contributed by atoms with Crippen LogP contribution in [0.4, 0.5) is 14.5 Å². The maximum atomic E-state index is 14.3. The third kappa shape index (κ3) is 3.57. The molecule has 0 spiro atoms. The molecule has 1 aromatic rings. The first-order valence-corrected chi connectivity index (χ1v) is 10.7. The molecule has 0 radical (unpaired) electrons. The summed E-state index contributed by atoms with van der Waals surface area (Å²) in [5, 5.41) is -0.0429. The van der Waals surface area contributed by atoms with E-state index in [4.69, 9.17) is 0 Å². The minimum absolute atomic E-state index is 0.0363. The fraction of sp³-hybridized carbons (Fsp3) is 0.500. The molecule has 3 atom stereocenters. The van der Waals surface area contributed by atoms with Crippen LogP contribution in [-0.2, 0) is 14.6 Å². The van der Waals surface area contributed by atoms with Crippen molar-refractivity contribution in [2.24, 2.45) is 10.9 Å². The molecule has 0 bridgehead atoms. The van der Waals surface area contributed by atoms with Crippen LogP contribution in [0.5, 0.6) is 0 Å². The molecule has 2 fully saturated rings. The van der Waals surface area contributed by atoms with E-state index in [-0.39, 0.29) is 39.4 Å². The number of amidine groups is 1. The molecule has 136 valence electrons. The predicted octanol–water partition coefficient (Wildman–Crippen LogP) is 2.61. The van der Waals surface area contributed by atoms with E-state index in [9.17, 15) is 22.0 Å². The minimum Gasteiger partial charge on any atom is -0.313 e. The van der Waals surface area contributed by atoms with Gasteiger partial charge in [0, 0.05) is 17.2 Å². The highest BCUT2D eigenvalue weighted by Crippen LogP contribution is 2.41. The molecule has 9 heteroatoms. The molecule has 1 aromatic carbocycles. The molecule has 0 unspecified atom stereocenters. The first-order chi connectivity index (χ1) is 11.7. The Morgan fingerprint density at radius 3 is 2.76 bits per heavy atom. The number of amides is 1. The van der Waals surface area contributed by atoms with Gasteiger partial charge in [-0.15, -0.1) is 0 Å². The Morgan fingerprint density at radius 2 is 2.12 bits per heavy atom. The topological polar surface area (TPSA) is 66.8 Å². The van der Waals surface area contributed by atoms with Crippen molar-refractivity contribution >= 4 is 38.4 Å². The van der Waals surface area contributed by atoms with Crippen molar-refractivity contribution < 1.29 is 22.0 Å². The molecule has 0 aliphatic carbocycles. The molecule has 2 aliphatic heterocycles. The van der Waals surface area contributed by atoms with Crippen molar-refractivity contribution in [1.82, 2.24) is 0 Å². The lowest BCUT2D eigenvalue weighted by atomic mass is 10.1. The average molecular weight is 388 g/mol. The van der Waals surface area contributed by atoms with Gasteiger partial charge in [0.15, 0.2) is 15.0 Å². The van der Waals surface area contributed by atoms with E-state index in [1.807, 2.05) is 6.92 Å². The van der Waals surface area contributed by atoms with E-state index in [0.717, 1.165) is 12.1 Å². The Kier molecular flexibility index (Phi) is 4.89. The van der Waals surface area contributed by atoms with Gasteiger partial charge in [-0.05, 0) is 18.6 Å². The molecule has 5 nitrogen and oxygen atoms in total. The molecule has 2 heterocycles. The Bertz CT molecular complexity index is 842. The molecule has 0 saturated carbocycles. The highest BCUT2D eigenvalue weighted by atomic mass is 32.2. The number of hydrogen-bond acceptors (Lipinski definition) is 4. The van der Waals surface area contributed by atoms with Gasteiger partial charge in [-0.25, -0.2) is 17.2 Å². The summed E-state index contributed by atoms with van der Waals surface area (Å²) in [6.45, 7) is 3.61. The summed E-state index contributed by atoms with van der Waals surface area (Å²) in [6.07, 6.45) is 0.617. The van der Waals surface area contributed by atoms with E-state index < -0.39 is 27.5 Å². The van der Waals surface area contributed by atoms with Crippen molar-refractivity contribution in [3.63, 3.8) is 0 Å². The number of sulfone groups is 1. The molecule has 2 saturated heterocycles. The number of fused-ring (bicyclic) bond motifs is 1. The third-order valence-electron chi connectivity index (χ3n) is 4.48. The molecule has 0 N–H and O–H groups in total. The number of aliphatic imine (C=N–C) groups is 1. The summed E-state index contributed by atoms with van der Waals surface area (Å²) in [7, 11) is -3.24. The Morgan fingerprint density at radius 1 is 1.40 bits per heavy atom. The molecular weight excluding hydrogens is 370 g/mol. The van der Waals surface area contributed by atoms with Crippen molar-refractivity contribution in [3.8, 4) is 0 Å². The monoisotopic (exact) mass is 388 g/mol. The molecule has 2 aliphatic rings. The molecule has 1 amide bonds. The Balaban J connectivity index is 2.04. The van der Waals surface area contributed by atoms with Gasteiger partial charge in [-0.3, -0.25) is 4.79 Å². The second-order valence-corrected chi connectivity index (χ2v) is 9.67. The van der Waals surface area contributed by atoms with Crippen LogP contribution in [0.1, 0.15) is 20.3 Å². The van der Waals surface area contributed by atoms with E-state index in [1.165, 1.54) is 22.7 Å². The maximum absolute atomic E-state index is 14.3. The summed E-state index contributed by atoms with van der Waals surface area (Å²) in [5.74, 6) is -2.33. The van der Waals surface area contributed by atoms with Gasteiger partial charge in [0.2, 0.25) is 0 Å². The highest BCUT2D eigenvalue weighted by Gasteiger charge is 2.50.